The number of hydrogen-bond donors (Lipinski definition) is 0. The van der Waals surface area contributed by atoms with E-state index in [1.165, 1.54) is 0 Å². The minimum absolute atomic E-state index is 0. The van der Waals surface area contributed by atoms with Crippen molar-refractivity contribution in [2.45, 2.75) is 7.43 Å². The maximum absolute atomic E-state index is 10.7. The summed E-state index contributed by atoms with van der Waals surface area (Å²) in [4.78, 5) is 12.4. The lowest BCUT2D eigenvalue weighted by molar-refractivity contribution is -0.306. The van der Waals surface area contributed by atoms with Gasteiger partial charge in [-0.25, -0.2) is 0 Å². The van der Waals surface area contributed by atoms with Crippen LogP contribution in [0.5, 0.6) is 0 Å². The van der Waals surface area contributed by atoms with Gasteiger partial charge in [-0.15, -0.1) is 0 Å². The SMILES string of the molecule is C.CN(C/C=C(/c1ccc(-c2ccco2)cc1)c1ccsc1)CC(=O)[O-]. The van der Waals surface area contributed by atoms with Gasteiger partial charge in [0.1, 0.15) is 5.76 Å². The predicted molar refractivity (Wildman–Crippen MR) is 105 cm³/mol. The first-order valence-electron chi connectivity index (χ1n) is 7.89. The molecule has 0 unspecified atom stereocenters. The quantitative estimate of drug-likeness (QED) is 0.637. The van der Waals surface area contributed by atoms with Crippen LogP contribution in [0.15, 0.2) is 70.0 Å². The van der Waals surface area contributed by atoms with E-state index in [2.05, 4.69) is 23.6 Å². The molecule has 0 saturated carbocycles. The van der Waals surface area contributed by atoms with E-state index < -0.39 is 5.97 Å². The molecule has 0 aliphatic carbocycles. The highest BCUT2D eigenvalue weighted by Crippen LogP contribution is 2.28. The lowest BCUT2D eigenvalue weighted by Crippen LogP contribution is -2.36. The molecule has 3 aromatic rings. The number of thiophene rings is 1. The van der Waals surface area contributed by atoms with Crippen molar-refractivity contribution >= 4 is 22.9 Å². The minimum Gasteiger partial charge on any atom is -0.549 e. The van der Waals surface area contributed by atoms with Gasteiger partial charge in [0, 0.05) is 18.7 Å². The van der Waals surface area contributed by atoms with Crippen molar-refractivity contribution in [3.63, 3.8) is 0 Å². The van der Waals surface area contributed by atoms with Crippen molar-refractivity contribution in [2.75, 3.05) is 20.1 Å². The first-order chi connectivity index (χ1) is 12.1. The van der Waals surface area contributed by atoms with Crippen LogP contribution < -0.4 is 5.11 Å². The molecule has 1 aromatic carbocycles. The topological polar surface area (TPSA) is 56.5 Å². The third-order valence-electron chi connectivity index (χ3n) is 3.84. The molecule has 136 valence electrons. The number of nitrogens with zero attached hydrogens (tertiary/aromatic N) is 1. The maximum atomic E-state index is 10.7. The summed E-state index contributed by atoms with van der Waals surface area (Å²) in [5.74, 6) is -0.239. The Morgan fingerprint density at radius 1 is 1.19 bits per heavy atom. The van der Waals surface area contributed by atoms with Crippen molar-refractivity contribution < 1.29 is 14.3 Å². The highest BCUT2D eigenvalue weighted by molar-refractivity contribution is 7.08. The number of benzene rings is 1. The summed E-state index contributed by atoms with van der Waals surface area (Å²) in [5.41, 5.74) is 4.30. The second-order valence-electron chi connectivity index (χ2n) is 5.75. The fraction of sp³-hybridized carbons (Fsp3) is 0.190. The van der Waals surface area contributed by atoms with Crippen molar-refractivity contribution in [3.05, 3.63) is 76.7 Å². The normalized spacial score (nSPS) is 11.4. The number of rotatable bonds is 7. The van der Waals surface area contributed by atoms with E-state index in [0.29, 0.717) is 6.54 Å². The van der Waals surface area contributed by atoms with E-state index in [9.17, 15) is 9.90 Å². The van der Waals surface area contributed by atoms with Gasteiger partial charge in [-0.3, -0.25) is 4.90 Å². The smallest absolute Gasteiger partial charge is 0.133 e. The van der Waals surface area contributed by atoms with Crippen molar-refractivity contribution in [3.8, 4) is 11.3 Å². The second kappa shape index (κ2) is 9.17. The van der Waals surface area contributed by atoms with Gasteiger partial charge in [0.05, 0.1) is 12.2 Å². The van der Waals surface area contributed by atoms with E-state index in [-0.39, 0.29) is 14.0 Å². The summed E-state index contributed by atoms with van der Waals surface area (Å²) in [6.07, 6.45) is 3.71. The largest absolute Gasteiger partial charge is 0.549 e. The number of hydrogen-bond acceptors (Lipinski definition) is 5. The number of carbonyl (C=O) groups excluding carboxylic acids is 1. The molecule has 0 aliphatic heterocycles. The van der Waals surface area contributed by atoms with Gasteiger partial charge in [-0.05, 0) is 52.7 Å². The Labute approximate surface area is 158 Å². The molecule has 0 radical (unpaired) electrons. The molecule has 0 spiro atoms. The molecule has 0 saturated heterocycles. The van der Waals surface area contributed by atoms with Gasteiger partial charge in [0.15, 0.2) is 0 Å². The molecule has 0 amide bonds. The molecule has 0 aliphatic rings. The summed E-state index contributed by atoms with van der Waals surface area (Å²) in [7, 11) is 1.76. The molecule has 2 aromatic heterocycles. The van der Waals surface area contributed by atoms with E-state index in [1.807, 2.05) is 35.7 Å². The lowest BCUT2D eigenvalue weighted by Gasteiger charge is -2.16. The van der Waals surface area contributed by atoms with Gasteiger partial charge in [0.2, 0.25) is 0 Å². The maximum Gasteiger partial charge on any atom is 0.133 e. The van der Waals surface area contributed by atoms with Crippen LogP contribution in [0.3, 0.4) is 0 Å². The molecule has 0 fully saturated rings. The summed E-state index contributed by atoms with van der Waals surface area (Å²) in [6, 6.07) is 14.0. The van der Waals surface area contributed by atoms with Gasteiger partial charge >= 0.3 is 0 Å². The molecule has 0 bridgehead atoms. The van der Waals surface area contributed by atoms with Gasteiger partial charge in [-0.1, -0.05) is 37.8 Å². The zero-order valence-electron chi connectivity index (χ0n) is 13.8. The molecule has 0 N–H and O–H groups in total. The summed E-state index contributed by atoms with van der Waals surface area (Å²) >= 11 is 1.64. The number of likely N-dealkylation sites (N-methyl/N-ethyl adjacent to an activating group) is 1. The molecule has 5 heteroatoms. The number of aliphatic carboxylic acids is 1. The van der Waals surface area contributed by atoms with Crippen LogP contribution in [-0.2, 0) is 4.79 Å². The third-order valence-corrected chi connectivity index (χ3v) is 4.52. The fourth-order valence-electron chi connectivity index (χ4n) is 2.61. The van der Waals surface area contributed by atoms with E-state index in [0.717, 1.165) is 28.0 Å². The highest BCUT2D eigenvalue weighted by atomic mass is 32.1. The molecular formula is C21H22NO3S-. The van der Waals surface area contributed by atoms with Crippen LogP contribution in [0.4, 0.5) is 0 Å². The molecule has 2 heterocycles. The Morgan fingerprint density at radius 2 is 1.96 bits per heavy atom. The molecular weight excluding hydrogens is 346 g/mol. The zero-order valence-corrected chi connectivity index (χ0v) is 14.7. The first-order valence-corrected chi connectivity index (χ1v) is 8.83. The molecule has 0 atom stereocenters. The van der Waals surface area contributed by atoms with Gasteiger partial charge in [0.25, 0.3) is 0 Å². The first kappa shape index (κ1) is 19.7. The summed E-state index contributed by atoms with van der Waals surface area (Å²) in [6.45, 7) is 0.434. The van der Waals surface area contributed by atoms with Crippen molar-refractivity contribution in [1.82, 2.24) is 4.90 Å². The zero-order chi connectivity index (χ0) is 17.6. The third kappa shape index (κ3) is 4.94. The average molecular weight is 368 g/mol. The number of furan rings is 1. The van der Waals surface area contributed by atoms with Gasteiger partial charge < -0.3 is 14.3 Å². The van der Waals surface area contributed by atoms with Crippen LogP contribution >= 0.6 is 11.3 Å². The second-order valence-corrected chi connectivity index (χ2v) is 6.53. The van der Waals surface area contributed by atoms with Crippen LogP contribution in [-0.4, -0.2) is 31.0 Å². The number of carboxylic acid groups (broad SMARTS) is 1. The van der Waals surface area contributed by atoms with Crippen LogP contribution in [0, 0.1) is 0 Å². The van der Waals surface area contributed by atoms with E-state index in [4.69, 9.17) is 4.42 Å². The standard InChI is InChI=1S/C20H19NO3S.CH4/c1-21(13-20(22)23)10-8-18(17-9-12-25-14-17)15-4-6-16(7-5-15)19-3-2-11-24-19;/h2-9,11-12,14H,10,13H2,1H3,(H,22,23);1H4/p-1/b18-8-;. The van der Waals surface area contributed by atoms with Crippen LogP contribution in [0.2, 0.25) is 0 Å². The number of carboxylic acids is 1. The minimum atomic E-state index is -1.07. The monoisotopic (exact) mass is 368 g/mol. The molecule has 4 nitrogen and oxygen atoms in total. The summed E-state index contributed by atoms with van der Waals surface area (Å²) in [5, 5.41) is 14.8. The predicted octanol–water partition coefficient (Wildman–Crippen LogP) is 3.76. The van der Waals surface area contributed by atoms with E-state index in [1.54, 1.807) is 29.5 Å². The molecule has 26 heavy (non-hydrogen) atoms. The Bertz CT molecular complexity index is 834. The Balaban J connectivity index is 0.00000243. The molecule has 3 rings (SSSR count). The Hall–Kier alpha value is -2.63. The van der Waals surface area contributed by atoms with Crippen molar-refractivity contribution in [1.29, 1.82) is 0 Å². The van der Waals surface area contributed by atoms with E-state index >= 15 is 0 Å². The lowest BCUT2D eigenvalue weighted by atomic mass is 9.98. The fourth-order valence-corrected chi connectivity index (χ4v) is 3.26. The summed E-state index contributed by atoms with van der Waals surface area (Å²) < 4.78 is 5.43. The average Bonchev–Trinajstić information content (AvgIpc) is 3.29. The van der Waals surface area contributed by atoms with Crippen molar-refractivity contribution in [2.24, 2.45) is 0 Å². The van der Waals surface area contributed by atoms with Gasteiger partial charge in [-0.2, -0.15) is 11.3 Å². The Morgan fingerprint density at radius 3 is 2.54 bits per heavy atom. The van der Waals surface area contributed by atoms with Crippen LogP contribution in [0.1, 0.15) is 18.6 Å². The highest BCUT2D eigenvalue weighted by Gasteiger charge is 2.08. The van der Waals surface area contributed by atoms with Crippen LogP contribution in [0.25, 0.3) is 16.9 Å². The Kier molecular flexibility index (Phi) is 6.95. The number of carbonyl (C=O) groups is 1.